The van der Waals surface area contributed by atoms with Crippen molar-refractivity contribution in [3.8, 4) is 21.7 Å². The van der Waals surface area contributed by atoms with Gasteiger partial charge < -0.3 is 4.90 Å². The third-order valence-corrected chi connectivity index (χ3v) is 12.1. The van der Waals surface area contributed by atoms with Gasteiger partial charge >= 0.3 is 0 Å². The van der Waals surface area contributed by atoms with Crippen LogP contribution in [0.25, 0.3) is 33.9 Å². The first-order chi connectivity index (χ1) is 23.3. The van der Waals surface area contributed by atoms with Crippen molar-refractivity contribution in [3.05, 3.63) is 133 Å². The number of hydrogen-bond acceptors (Lipinski definition) is 7. The highest BCUT2D eigenvalue weighted by atomic mass is 32.2. The molecule has 0 unspecified atom stereocenters. The first-order valence-corrected chi connectivity index (χ1v) is 19.7. The van der Waals surface area contributed by atoms with Crippen LogP contribution in [-0.2, 0) is 23.2 Å². The van der Waals surface area contributed by atoms with E-state index in [1.807, 2.05) is 60.7 Å². The summed E-state index contributed by atoms with van der Waals surface area (Å²) in [6.07, 6.45) is 8.61. The van der Waals surface area contributed by atoms with Crippen LogP contribution in [0.2, 0.25) is 0 Å². The Kier molecular flexibility index (Phi) is 10.6. The number of fused-ring (bicyclic) bond motifs is 1. The smallest absolute Gasteiger partial charge is 0.269 e. The van der Waals surface area contributed by atoms with E-state index in [2.05, 4.69) is 65.4 Å². The van der Waals surface area contributed by atoms with Gasteiger partial charge in [0.15, 0.2) is 6.54 Å². The fourth-order valence-corrected chi connectivity index (χ4v) is 9.73. The first-order valence-electron chi connectivity index (χ1n) is 15.7. The largest absolute Gasteiger partial charge is 0.335 e. The molecule has 48 heavy (non-hydrogen) atoms. The fourth-order valence-electron chi connectivity index (χ4n) is 5.71. The van der Waals surface area contributed by atoms with E-state index in [0.29, 0.717) is 30.5 Å². The lowest BCUT2D eigenvalue weighted by Crippen LogP contribution is -2.38. The van der Waals surface area contributed by atoms with Crippen molar-refractivity contribution in [2.24, 2.45) is 0 Å². The highest BCUT2D eigenvalue weighted by molar-refractivity contribution is 8.03. The zero-order chi connectivity index (χ0) is 33.7. The van der Waals surface area contributed by atoms with Crippen molar-refractivity contribution in [1.82, 2.24) is 4.57 Å². The topological polar surface area (TPSA) is 83.5 Å². The van der Waals surface area contributed by atoms with Crippen LogP contribution >= 0.6 is 34.4 Å². The minimum atomic E-state index is -4.06. The minimum Gasteiger partial charge on any atom is -0.335 e. The second-order valence-corrected chi connectivity index (χ2v) is 15.9. The number of para-hydroxylation sites is 1. The molecule has 0 spiro atoms. The Balaban J connectivity index is 1.50. The van der Waals surface area contributed by atoms with E-state index < -0.39 is 10.1 Å². The van der Waals surface area contributed by atoms with Gasteiger partial charge in [0.25, 0.3) is 20.7 Å². The van der Waals surface area contributed by atoms with Gasteiger partial charge in [0.05, 0.1) is 27.1 Å². The number of unbranched alkanes of at least 4 members (excludes halogenated alkanes) is 1. The summed E-state index contributed by atoms with van der Waals surface area (Å²) in [5.74, 6) is -0.291. The summed E-state index contributed by atoms with van der Waals surface area (Å²) in [4.78, 5) is 18.3. The number of anilines is 1. The summed E-state index contributed by atoms with van der Waals surface area (Å²) in [6.45, 7) is 7.76. The molecule has 0 saturated heterocycles. The molecule has 5 aromatic rings. The molecule has 11 heteroatoms. The van der Waals surface area contributed by atoms with Crippen LogP contribution in [0.1, 0.15) is 24.8 Å². The summed E-state index contributed by atoms with van der Waals surface area (Å²) in [5.41, 5.74) is 4.23. The minimum absolute atomic E-state index is 0.0746. The van der Waals surface area contributed by atoms with Crippen molar-refractivity contribution in [2.45, 2.75) is 37.8 Å². The molecule has 0 fully saturated rings. The number of aromatic nitrogens is 2. The number of benzene rings is 3. The van der Waals surface area contributed by atoms with Crippen LogP contribution < -0.4 is 24.2 Å². The molecule has 0 radical (unpaired) electrons. The average Bonchev–Trinajstić information content (AvgIpc) is 3.73. The molecule has 0 aliphatic carbocycles. The van der Waals surface area contributed by atoms with Gasteiger partial charge in [-0.15, -0.1) is 17.9 Å². The van der Waals surface area contributed by atoms with Gasteiger partial charge in [0, 0.05) is 30.0 Å². The van der Waals surface area contributed by atoms with E-state index in [9.17, 15) is 17.8 Å². The van der Waals surface area contributed by atoms with Crippen molar-refractivity contribution in [2.75, 3.05) is 17.2 Å². The van der Waals surface area contributed by atoms with Crippen molar-refractivity contribution >= 4 is 62.4 Å². The van der Waals surface area contributed by atoms with Gasteiger partial charge in [-0.2, -0.15) is 13.0 Å². The van der Waals surface area contributed by atoms with Crippen molar-refractivity contribution in [3.63, 3.8) is 0 Å². The molecule has 0 atom stereocenters. The highest BCUT2D eigenvalue weighted by Crippen LogP contribution is 2.45. The maximum Gasteiger partial charge on any atom is 0.269 e. The zero-order valence-corrected chi connectivity index (χ0v) is 29.8. The number of nitrogens with zero attached hydrogens (tertiary/aromatic N) is 3. The second-order valence-electron chi connectivity index (χ2n) is 11.1. The lowest BCUT2D eigenvalue weighted by atomic mass is 10.1. The zero-order valence-electron chi connectivity index (χ0n) is 26.5. The number of thioether (sulfide) groups is 1. The summed E-state index contributed by atoms with van der Waals surface area (Å²) in [6, 6.07) is 28.7. The molecular formula is C37H36N3O4S4+. The van der Waals surface area contributed by atoms with E-state index in [-0.39, 0.29) is 11.3 Å². The van der Waals surface area contributed by atoms with Gasteiger partial charge in [-0.25, -0.2) is 0 Å². The third kappa shape index (κ3) is 7.50. The Labute approximate surface area is 292 Å². The van der Waals surface area contributed by atoms with E-state index in [1.54, 1.807) is 33.7 Å². The average molecular weight is 715 g/mol. The SMILES string of the molecule is C=CCn1c(=O)/c(=C\C=C2/Sc3ccccc3N2CC)s/c1=C\c1sc(-c2ccccc2)c(-c2ccccc2)[n+]1CCCCS(=O)(=O)O. The lowest BCUT2D eigenvalue weighted by Gasteiger charge is -2.17. The van der Waals surface area contributed by atoms with E-state index in [0.717, 1.165) is 42.9 Å². The molecule has 3 heterocycles. The molecule has 0 saturated carbocycles. The van der Waals surface area contributed by atoms with Crippen LogP contribution in [-0.4, -0.2) is 29.8 Å². The molecule has 2 aromatic heterocycles. The molecule has 1 N–H and O–H groups in total. The highest BCUT2D eigenvalue weighted by Gasteiger charge is 2.28. The van der Waals surface area contributed by atoms with Gasteiger partial charge in [0.2, 0.25) is 5.69 Å². The molecule has 6 rings (SSSR count). The van der Waals surface area contributed by atoms with Crippen LogP contribution in [0.5, 0.6) is 0 Å². The summed E-state index contributed by atoms with van der Waals surface area (Å²) >= 11 is 4.79. The Morgan fingerprint density at radius 2 is 1.58 bits per heavy atom. The Morgan fingerprint density at radius 3 is 2.27 bits per heavy atom. The molecule has 0 amide bonds. The van der Waals surface area contributed by atoms with Crippen LogP contribution in [0, 0.1) is 0 Å². The van der Waals surface area contributed by atoms with Crippen molar-refractivity contribution < 1.29 is 17.5 Å². The molecule has 1 aliphatic heterocycles. The fraction of sp³-hybridized carbons (Fsp3) is 0.189. The second kappa shape index (κ2) is 15.0. The van der Waals surface area contributed by atoms with Gasteiger partial charge in [-0.1, -0.05) is 89.8 Å². The van der Waals surface area contributed by atoms with E-state index in [4.69, 9.17) is 0 Å². The third-order valence-electron chi connectivity index (χ3n) is 7.90. The maximum absolute atomic E-state index is 13.8. The molecule has 0 bridgehead atoms. The number of hydrogen-bond donors (Lipinski definition) is 1. The lowest BCUT2D eigenvalue weighted by molar-refractivity contribution is -0.683. The Bertz CT molecular complexity index is 2250. The monoisotopic (exact) mass is 714 g/mol. The van der Waals surface area contributed by atoms with E-state index in [1.165, 1.54) is 21.9 Å². The molecule has 246 valence electrons. The Morgan fingerprint density at radius 1 is 0.896 bits per heavy atom. The summed E-state index contributed by atoms with van der Waals surface area (Å²) < 4.78 is 37.7. The van der Waals surface area contributed by atoms with Gasteiger partial charge in [0.1, 0.15) is 9.54 Å². The number of thiazole rings is 2. The molecule has 7 nitrogen and oxygen atoms in total. The molecule has 3 aromatic carbocycles. The molecular weight excluding hydrogens is 679 g/mol. The maximum atomic E-state index is 13.8. The predicted octanol–water partition coefficient (Wildman–Crippen LogP) is 6.53. The van der Waals surface area contributed by atoms with Crippen LogP contribution in [0.4, 0.5) is 5.69 Å². The first kappa shape index (κ1) is 33.9. The predicted molar refractivity (Wildman–Crippen MR) is 200 cm³/mol. The Hall–Kier alpha value is -4.00. The summed E-state index contributed by atoms with van der Waals surface area (Å²) in [5, 5.41) is 2.01. The quantitative estimate of drug-likeness (QED) is 0.0686. The van der Waals surface area contributed by atoms with Crippen molar-refractivity contribution in [1.29, 1.82) is 0 Å². The summed E-state index contributed by atoms with van der Waals surface area (Å²) in [7, 11) is -4.06. The molecule has 1 aliphatic rings. The van der Waals surface area contributed by atoms with Gasteiger partial charge in [-0.3, -0.25) is 13.9 Å². The van der Waals surface area contributed by atoms with E-state index >= 15 is 0 Å². The number of rotatable bonds is 12. The normalized spacial score (nSPS) is 14.6. The number of allylic oxidation sites excluding steroid dienone is 2. The standard InChI is InChI=1S/C37H35N3O4S4/c1-3-23-40-34(46-31(37(40)41)21-22-32-38(4-2)29-19-11-12-20-30(29)45-32)26-33-39(24-13-14-25-48(42,43)44)35(27-15-7-5-8-16-27)36(47-33)28-17-9-6-10-18-28/h3,5-12,15-22,26H,1,4,13-14,23-25H2,2H3/p+1/b31-21+,32-22-. The van der Waals surface area contributed by atoms with Crippen LogP contribution in [0.15, 0.2) is 118 Å². The van der Waals surface area contributed by atoms with Crippen LogP contribution in [0.3, 0.4) is 0 Å². The van der Waals surface area contributed by atoms with Gasteiger partial charge in [-0.05, 0) is 55.3 Å².